The van der Waals surface area contributed by atoms with Crippen LogP contribution in [0.25, 0.3) is 5.69 Å². The highest BCUT2D eigenvalue weighted by Gasteiger charge is 2.18. The van der Waals surface area contributed by atoms with Gasteiger partial charge >= 0.3 is 0 Å². The lowest BCUT2D eigenvalue weighted by Gasteiger charge is -2.12. The normalized spacial score (nSPS) is 10.5. The molecule has 0 atom stereocenters. The molecule has 2 N–H and O–H groups in total. The average Bonchev–Trinajstić information content (AvgIpc) is 2.65. The second-order valence-corrected chi connectivity index (χ2v) is 6.19. The number of anilines is 2. The maximum atomic E-state index is 14.1. The Labute approximate surface area is 164 Å². The molecule has 0 aliphatic heterocycles. The summed E-state index contributed by atoms with van der Waals surface area (Å²) >= 11 is 0. The van der Waals surface area contributed by atoms with Crippen molar-refractivity contribution in [3.63, 3.8) is 0 Å². The molecule has 0 radical (unpaired) electrons. The third-order valence-electron chi connectivity index (χ3n) is 3.94. The van der Waals surface area contributed by atoms with E-state index < -0.39 is 28.7 Å². The fraction of sp³-hybridized carbons (Fsp3) is 0.100. The largest absolute Gasteiger partial charge is 0.326 e. The van der Waals surface area contributed by atoms with Gasteiger partial charge in [0.15, 0.2) is 5.69 Å². The molecule has 148 valence electrons. The van der Waals surface area contributed by atoms with Crippen LogP contribution in [0.15, 0.2) is 53.3 Å². The lowest BCUT2D eigenvalue weighted by Crippen LogP contribution is -2.27. The van der Waals surface area contributed by atoms with Gasteiger partial charge in [-0.25, -0.2) is 13.5 Å². The van der Waals surface area contributed by atoms with Crippen molar-refractivity contribution in [3.8, 4) is 5.69 Å². The molecule has 9 heteroatoms. The third kappa shape index (κ3) is 4.34. The molecular formula is C20H16F2N4O3. The highest BCUT2D eigenvalue weighted by molar-refractivity contribution is 6.03. The number of aromatic nitrogens is 2. The first-order chi connectivity index (χ1) is 13.8. The first kappa shape index (κ1) is 19.9. The van der Waals surface area contributed by atoms with Gasteiger partial charge in [-0.1, -0.05) is 12.1 Å². The first-order valence-corrected chi connectivity index (χ1v) is 8.50. The Bertz CT molecular complexity index is 1170. The van der Waals surface area contributed by atoms with Gasteiger partial charge in [-0.3, -0.25) is 14.4 Å². The monoisotopic (exact) mass is 398 g/mol. The average molecular weight is 398 g/mol. The predicted octanol–water partition coefficient (Wildman–Crippen LogP) is 3.03. The number of hydrogen-bond acceptors (Lipinski definition) is 4. The summed E-state index contributed by atoms with van der Waals surface area (Å²) < 4.78 is 29.3. The molecule has 2 aromatic carbocycles. The molecule has 0 bridgehead atoms. The Morgan fingerprint density at radius 2 is 1.72 bits per heavy atom. The van der Waals surface area contributed by atoms with Crippen LogP contribution in [0.4, 0.5) is 20.2 Å². The van der Waals surface area contributed by atoms with E-state index in [0.717, 1.165) is 16.8 Å². The summed E-state index contributed by atoms with van der Waals surface area (Å²) in [6.45, 7) is 2.82. The minimum atomic E-state index is -0.973. The Hall–Kier alpha value is -3.88. The standard InChI is InChI=1S/C20H16F2N4O3/c1-11-9-18(28)19(25-26(11)17-6-4-3-5-15(17)22)20(29)24-16-10-13(23-12(2)27)7-8-14(16)21/h3-10H,1-2H3,(H,23,27)(H,24,29). The van der Waals surface area contributed by atoms with Gasteiger partial charge in [-0.2, -0.15) is 5.10 Å². The molecule has 0 fully saturated rings. The van der Waals surface area contributed by atoms with Crippen LogP contribution in [0, 0.1) is 18.6 Å². The number of carbonyl (C=O) groups excluding carboxylic acids is 2. The molecule has 3 aromatic rings. The van der Waals surface area contributed by atoms with Crippen molar-refractivity contribution < 1.29 is 18.4 Å². The van der Waals surface area contributed by atoms with Crippen LogP contribution in [-0.4, -0.2) is 21.6 Å². The van der Waals surface area contributed by atoms with Gasteiger partial charge in [-0.05, 0) is 37.3 Å². The molecule has 0 saturated carbocycles. The van der Waals surface area contributed by atoms with Gasteiger partial charge in [0.25, 0.3) is 5.91 Å². The zero-order valence-corrected chi connectivity index (χ0v) is 15.5. The number of para-hydroxylation sites is 1. The molecule has 0 unspecified atom stereocenters. The number of benzene rings is 2. The van der Waals surface area contributed by atoms with Crippen LogP contribution in [0.1, 0.15) is 23.1 Å². The number of aryl methyl sites for hydroxylation is 1. The minimum absolute atomic E-state index is 0.0536. The van der Waals surface area contributed by atoms with Crippen molar-refractivity contribution in [3.05, 3.63) is 81.8 Å². The van der Waals surface area contributed by atoms with E-state index in [9.17, 15) is 23.2 Å². The van der Waals surface area contributed by atoms with Crippen molar-refractivity contribution in [2.45, 2.75) is 13.8 Å². The van der Waals surface area contributed by atoms with Gasteiger partial charge in [0.05, 0.1) is 5.69 Å². The van der Waals surface area contributed by atoms with Gasteiger partial charge in [0.1, 0.15) is 17.3 Å². The van der Waals surface area contributed by atoms with Crippen LogP contribution in [0.3, 0.4) is 0 Å². The number of nitrogens with one attached hydrogen (secondary N) is 2. The molecule has 7 nitrogen and oxygen atoms in total. The van der Waals surface area contributed by atoms with E-state index >= 15 is 0 Å². The van der Waals surface area contributed by atoms with Crippen molar-refractivity contribution in [1.82, 2.24) is 9.78 Å². The van der Waals surface area contributed by atoms with Crippen molar-refractivity contribution >= 4 is 23.2 Å². The van der Waals surface area contributed by atoms with E-state index in [4.69, 9.17) is 0 Å². The Morgan fingerprint density at radius 3 is 2.41 bits per heavy atom. The highest BCUT2D eigenvalue weighted by Crippen LogP contribution is 2.20. The highest BCUT2D eigenvalue weighted by atomic mass is 19.1. The summed E-state index contributed by atoms with van der Waals surface area (Å²) in [7, 11) is 0. The number of hydrogen-bond donors (Lipinski definition) is 2. The van der Waals surface area contributed by atoms with E-state index in [2.05, 4.69) is 15.7 Å². The van der Waals surface area contributed by atoms with Crippen LogP contribution in [0.5, 0.6) is 0 Å². The van der Waals surface area contributed by atoms with Gasteiger partial charge < -0.3 is 10.6 Å². The summed E-state index contributed by atoms with van der Waals surface area (Å²) in [5.74, 6) is -2.71. The number of halogens is 2. The van der Waals surface area contributed by atoms with Crippen LogP contribution >= 0.6 is 0 Å². The molecule has 0 aliphatic rings. The lowest BCUT2D eigenvalue weighted by molar-refractivity contribution is -0.114. The molecule has 1 heterocycles. The Balaban J connectivity index is 1.98. The minimum Gasteiger partial charge on any atom is -0.326 e. The number of nitrogens with zero attached hydrogens (tertiary/aromatic N) is 2. The summed E-state index contributed by atoms with van der Waals surface area (Å²) in [5, 5.41) is 8.68. The number of rotatable bonds is 4. The van der Waals surface area contributed by atoms with Gasteiger partial charge in [0.2, 0.25) is 11.3 Å². The van der Waals surface area contributed by atoms with E-state index in [1.165, 1.54) is 37.3 Å². The molecule has 0 spiro atoms. The maximum Gasteiger partial charge on any atom is 0.280 e. The fourth-order valence-electron chi connectivity index (χ4n) is 2.66. The summed E-state index contributed by atoms with van der Waals surface area (Å²) in [4.78, 5) is 36.0. The second-order valence-electron chi connectivity index (χ2n) is 6.19. The zero-order valence-electron chi connectivity index (χ0n) is 15.5. The predicted molar refractivity (Wildman–Crippen MR) is 103 cm³/mol. The fourth-order valence-corrected chi connectivity index (χ4v) is 2.66. The lowest BCUT2D eigenvalue weighted by atomic mass is 10.2. The van der Waals surface area contributed by atoms with Crippen LogP contribution in [0.2, 0.25) is 0 Å². The summed E-state index contributed by atoms with van der Waals surface area (Å²) in [6.07, 6.45) is 0. The Kier molecular flexibility index (Phi) is 5.49. The SMILES string of the molecule is CC(=O)Nc1ccc(F)c(NC(=O)c2nn(-c3ccccc3F)c(C)cc2=O)c1. The zero-order chi connectivity index (χ0) is 21.1. The maximum absolute atomic E-state index is 14.1. The third-order valence-corrected chi connectivity index (χ3v) is 3.94. The van der Waals surface area contributed by atoms with Crippen molar-refractivity contribution in [1.29, 1.82) is 0 Å². The van der Waals surface area contributed by atoms with E-state index in [0.29, 0.717) is 5.69 Å². The number of amides is 2. The molecule has 1 aromatic heterocycles. The smallest absolute Gasteiger partial charge is 0.280 e. The van der Waals surface area contributed by atoms with Gasteiger partial charge in [-0.15, -0.1) is 0 Å². The van der Waals surface area contributed by atoms with E-state index in [1.54, 1.807) is 13.0 Å². The summed E-state index contributed by atoms with van der Waals surface area (Å²) in [6, 6.07) is 10.5. The van der Waals surface area contributed by atoms with Crippen molar-refractivity contribution in [2.24, 2.45) is 0 Å². The first-order valence-electron chi connectivity index (χ1n) is 8.50. The van der Waals surface area contributed by atoms with E-state index in [1.807, 2.05) is 0 Å². The van der Waals surface area contributed by atoms with E-state index in [-0.39, 0.29) is 23.0 Å². The van der Waals surface area contributed by atoms with Crippen LogP contribution < -0.4 is 16.1 Å². The Morgan fingerprint density at radius 1 is 1.00 bits per heavy atom. The molecular weight excluding hydrogens is 382 g/mol. The molecule has 3 rings (SSSR count). The van der Waals surface area contributed by atoms with Crippen molar-refractivity contribution in [2.75, 3.05) is 10.6 Å². The van der Waals surface area contributed by atoms with Gasteiger partial charge in [0, 0.05) is 24.4 Å². The van der Waals surface area contributed by atoms with Crippen LogP contribution in [-0.2, 0) is 4.79 Å². The molecule has 29 heavy (non-hydrogen) atoms. The molecule has 2 amide bonds. The second kappa shape index (κ2) is 8.01. The summed E-state index contributed by atoms with van der Waals surface area (Å²) in [5.41, 5.74) is -0.863. The number of carbonyl (C=O) groups is 2. The molecule has 0 saturated heterocycles. The topological polar surface area (TPSA) is 93.1 Å². The quantitative estimate of drug-likeness (QED) is 0.707. The molecule has 0 aliphatic carbocycles.